The molecule has 2 unspecified atom stereocenters. The maximum atomic E-state index is 16.3. The second-order valence-corrected chi connectivity index (χ2v) is 12.6. The number of hydrogen-bond acceptors (Lipinski definition) is 2. The van der Waals surface area contributed by atoms with Gasteiger partial charge < -0.3 is 4.42 Å². The number of pyridine rings is 3. The minimum Gasteiger partial charge on any atom is -0.437 e. The summed E-state index contributed by atoms with van der Waals surface area (Å²) in [5.74, 6) is -0.474. The monoisotopic (exact) mass is 601 g/mol. The third-order valence-corrected chi connectivity index (χ3v) is 10.1. The van der Waals surface area contributed by atoms with Crippen molar-refractivity contribution in [3.63, 3.8) is 0 Å². The predicted molar refractivity (Wildman–Crippen MR) is 180 cm³/mol. The van der Waals surface area contributed by atoms with Crippen molar-refractivity contribution in [2.75, 3.05) is 0 Å². The van der Waals surface area contributed by atoms with Crippen molar-refractivity contribution in [3.8, 4) is 33.8 Å². The fourth-order valence-corrected chi connectivity index (χ4v) is 8.07. The standard InChI is InChI=1S/C41H32FN3O/c1-24-10-8-11-25(2)37(24)32-21-20-31-30-19-17-27-18-22-34-38(29-13-5-4-12-28(29)33-14-6-7-23-44(33)34)26(3)45-35(15-9-16-36(45)42)39(27)40(30)46-41(31)43-32/h4-17,19-21,23,34,38H,3,18,22H2,1-2H3/q+2. The van der Waals surface area contributed by atoms with Crippen molar-refractivity contribution in [1.82, 2.24) is 4.98 Å². The van der Waals surface area contributed by atoms with Crippen LogP contribution >= 0.6 is 0 Å². The van der Waals surface area contributed by atoms with E-state index in [1.165, 1.54) is 28.5 Å². The molecule has 0 saturated heterocycles. The van der Waals surface area contributed by atoms with Crippen LogP contribution in [0.5, 0.6) is 0 Å². The molecule has 4 nitrogen and oxygen atoms in total. The minimum absolute atomic E-state index is 0.0532. The molecule has 0 fully saturated rings. The number of aryl methyl sites for hydroxylation is 3. The summed E-state index contributed by atoms with van der Waals surface area (Å²) < 4.78 is 27.1. The number of benzene rings is 3. The fraction of sp³-hybridized carbons (Fsp3) is 0.146. The van der Waals surface area contributed by atoms with E-state index in [1.54, 1.807) is 10.6 Å². The summed E-state index contributed by atoms with van der Waals surface area (Å²) in [6.07, 6.45) is 3.80. The predicted octanol–water partition coefficient (Wildman–Crippen LogP) is 9.07. The van der Waals surface area contributed by atoms with Crippen molar-refractivity contribution in [2.24, 2.45) is 0 Å². The van der Waals surface area contributed by atoms with Crippen LogP contribution in [0.1, 0.15) is 40.6 Å². The van der Waals surface area contributed by atoms with Gasteiger partial charge in [0, 0.05) is 47.0 Å². The average Bonchev–Trinajstić information content (AvgIpc) is 3.45. The summed E-state index contributed by atoms with van der Waals surface area (Å²) in [7, 11) is 0. The third-order valence-electron chi connectivity index (χ3n) is 10.1. The summed E-state index contributed by atoms with van der Waals surface area (Å²) in [6, 6.07) is 35.0. The normalized spacial score (nSPS) is 16.9. The summed E-state index contributed by atoms with van der Waals surface area (Å²) in [4.78, 5) is 5.04. The molecular formula is C41H32FN3O+2. The Labute approximate surface area is 266 Å². The number of aromatic nitrogens is 3. The van der Waals surface area contributed by atoms with E-state index in [9.17, 15) is 0 Å². The van der Waals surface area contributed by atoms with Crippen molar-refractivity contribution >= 4 is 27.8 Å². The molecule has 0 aliphatic carbocycles. The molecule has 2 aliphatic heterocycles. The average molecular weight is 602 g/mol. The van der Waals surface area contributed by atoms with Crippen molar-refractivity contribution in [2.45, 2.75) is 38.6 Å². The van der Waals surface area contributed by atoms with Crippen LogP contribution in [0.4, 0.5) is 4.39 Å². The van der Waals surface area contributed by atoms with Gasteiger partial charge in [0.2, 0.25) is 17.1 Å². The zero-order valence-corrected chi connectivity index (χ0v) is 25.8. The first-order chi connectivity index (χ1) is 22.5. The Bertz CT molecular complexity index is 2380. The molecule has 3 aromatic carbocycles. The Kier molecular flexibility index (Phi) is 5.88. The van der Waals surface area contributed by atoms with E-state index >= 15 is 4.39 Å². The highest BCUT2D eigenvalue weighted by molar-refractivity contribution is 6.09. The van der Waals surface area contributed by atoms with Crippen molar-refractivity contribution in [3.05, 3.63) is 144 Å². The van der Waals surface area contributed by atoms with Crippen LogP contribution in [0.3, 0.4) is 0 Å². The van der Waals surface area contributed by atoms with Gasteiger partial charge in [-0.05, 0) is 79.4 Å². The number of allylic oxidation sites excluding steroid dienone is 1. The summed E-state index contributed by atoms with van der Waals surface area (Å²) >= 11 is 0. The molecule has 0 radical (unpaired) electrons. The Morgan fingerprint density at radius 2 is 1.54 bits per heavy atom. The topological polar surface area (TPSA) is 33.8 Å². The van der Waals surface area contributed by atoms with E-state index < -0.39 is 0 Å². The Morgan fingerprint density at radius 1 is 0.783 bits per heavy atom. The number of furan rings is 1. The first kappa shape index (κ1) is 26.9. The van der Waals surface area contributed by atoms with Crippen LogP contribution in [0.2, 0.25) is 0 Å². The highest BCUT2D eigenvalue weighted by Crippen LogP contribution is 2.46. The maximum absolute atomic E-state index is 16.3. The molecule has 2 aliphatic rings. The molecule has 0 amide bonds. The second-order valence-electron chi connectivity index (χ2n) is 12.6. The molecular weight excluding hydrogens is 569 g/mol. The van der Waals surface area contributed by atoms with Crippen LogP contribution in [-0.2, 0) is 6.42 Å². The molecule has 4 aromatic heterocycles. The Balaban J connectivity index is 1.30. The molecule has 5 heteroatoms. The number of rotatable bonds is 1. The van der Waals surface area contributed by atoms with Crippen molar-refractivity contribution in [1.29, 1.82) is 0 Å². The molecule has 7 aromatic rings. The SMILES string of the molecule is C=C1C2c3ccccc3-c3cccc[n+]3C2CCc2ccc3c(oc4nc(-c5c(C)cccc5C)ccc43)c2-c2cccc(F)[n+]21. The zero-order valence-electron chi connectivity index (χ0n) is 25.8. The molecule has 6 heterocycles. The summed E-state index contributed by atoms with van der Waals surface area (Å²) in [5, 5.41) is 1.92. The number of hydrogen-bond donors (Lipinski definition) is 0. The van der Waals surface area contributed by atoms with Gasteiger partial charge in [0.25, 0.3) is 0 Å². The Hall–Kier alpha value is -5.42. The summed E-state index contributed by atoms with van der Waals surface area (Å²) in [5.41, 5.74) is 12.6. The molecule has 2 atom stereocenters. The van der Waals surface area contributed by atoms with Gasteiger partial charge in [0.05, 0.1) is 16.8 Å². The fourth-order valence-electron chi connectivity index (χ4n) is 8.07. The lowest BCUT2D eigenvalue weighted by Gasteiger charge is -2.29. The van der Waals surface area contributed by atoms with E-state index in [0.717, 1.165) is 62.8 Å². The van der Waals surface area contributed by atoms with Gasteiger partial charge in [0.1, 0.15) is 5.92 Å². The van der Waals surface area contributed by atoms with Crippen molar-refractivity contribution < 1.29 is 17.9 Å². The van der Waals surface area contributed by atoms with Crippen LogP contribution in [-0.4, -0.2) is 4.98 Å². The third kappa shape index (κ3) is 3.81. The quantitative estimate of drug-likeness (QED) is 0.139. The van der Waals surface area contributed by atoms with E-state index in [2.05, 4.69) is 116 Å². The zero-order chi connectivity index (χ0) is 31.1. The molecule has 9 rings (SSSR count). The molecule has 222 valence electrons. The largest absolute Gasteiger partial charge is 0.437 e. The van der Waals surface area contributed by atoms with E-state index in [4.69, 9.17) is 9.40 Å². The van der Waals surface area contributed by atoms with E-state index in [-0.39, 0.29) is 17.9 Å². The second kappa shape index (κ2) is 10.0. The van der Waals surface area contributed by atoms with Gasteiger partial charge in [-0.15, -0.1) is 8.96 Å². The maximum Gasteiger partial charge on any atom is 0.365 e. The highest BCUT2D eigenvalue weighted by atomic mass is 19.1. The lowest BCUT2D eigenvalue weighted by atomic mass is 9.79. The van der Waals surface area contributed by atoms with Crippen LogP contribution in [0.25, 0.3) is 61.5 Å². The molecule has 0 bridgehead atoms. The smallest absolute Gasteiger partial charge is 0.365 e. The first-order valence-electron chi connectivity index (χ1n) is 15.9. The number of nitrogens with zero attached hydrogens (tertiary/aromatic N) is 3. The van der Waals surface area contributed by atoms with Crippen LogP contribution < -0.4 is 9.13 Å². The van der Waals surface area contributed by atoms with Crippen LogP contribution in [0, 0.1) is 19.8 Å². The van der Waals surface area contributed by atoms with Gasteiger partial charge in [-0.25, -0.2) is 4.98 Å². The van der Waals surface area contributed by atoms with Gasteiger partial charge in [0.15, 0.2) is 23.5 Å². The lowest BCUT2D eigenvalue weighted by molar-refractivity contribution is -0.721. The van der Waals surface area contributed by atoms with Gasteiger partial charge in [-0.2, -0.15) is 4.57 Å². The minimum atomic E-state index is -0.348. The van der Waals surface area contributed by atoms with Crippen LogP contribution in [0.15, 0.2) is 120 Å². The number of fused-ring (bicyclic) bond motifs is 13. The molecule has 0 spiro atoms. The van der Waals surface area contributed by atoms with Gasteiger partial charge in [-0.3, -0.25) is 0 Å². The summed E-state index contributed by atoms with van der Waals surface area (Å²) in [6.45, 7) is 8.86. The Morgan fingerprint density at radius 3 is 2.41 bits per heavy atom. The number of halogens is 1. The van der Waals surface area contributed by atoms with Gasteiger partial charge in [-0.1, -0.05) is 48.5 Å². The van der Waals surface area contributed by atoms with E-state index in [0.29, 0.717) is 11.4 Å². The lowest BCUT2D eigenvalue weighted by Crippen LogP contribution is -2.51. The highest BCUT2D eigenvalue weighted by Gasteiger charge is 2.47. The van der Waals surface area contributed by atoms with E-state index in [1.807, 2.05) is 6.07 Å². The molecule has 46 heavy (non-hydrogen) atoms. The molecule has 0 N–H and O–H groups in total. The van der Waals surface area contributed by atoms with Gasteiger partial charge >= 0.3 is 5.95 Å². The molecule has 0 saturated carbocycles. The first-order valence-corrected chi connectivity index (χ1v) is 15.9.